The Balaban J connectivity index is 0.000000360. The molecule has 2 atom stereocenters. The molecule has 2 aliphatic heterocycles. The van der Waals surface area contributed by atoms with Gasteiger partial charge in [-0.15, -0.1) is 11.3 Å². The van der Waals surface area contributed by atoms with Crippen LogP contribution in [0.5, 0.6) is 0 Å². The number of rotatable bonds is 3. The van der Waals surface area contributed by atoms with E-state index in [1.165, 1.54) is 5.69 Å². The molecular weight excluding hydrogens is 447 g/mol. The number of aromatic nitrogens is 3. The topological polar surface area (TPSA) is 91.7 Å². The third-order valence-corrected chi connectivity index (χ3v) is 6.13. The maximum absolute atomic E-state index is 10.6. The van der Waals surface area contributed by atoms with Gasteiger partial charge in [-0.05, 0) is 32.3 Å². The van der Waals surface area contributed by atoms with Crippen molar-refractivity contribution in [1.82, 2.24) is 19.9 Å². The molecule has 0 amide bonds. The van der Waals surface area contributed by atoms with E-state index in [1.54, 1.807) is 11.3 Å². The highest BCUT2D eigenvalue weighted by atomic mass is 32.1. The number of carboxylic acids is 1. The molecule has 0 aliphatic carbocycles. The second kappa shape index (κ2) is 10.5. The van der Waals surface area contributed by atoms with Crippen molar-refractivity contribution < 1.29 is 27.8 Å². The Morgan fingerprint density at radius 1 is 1.22 bits per heavy atom. The number of ether oxygens (including phenoxy) is 1. The molecule has 2 aromatic heterocycles. The van der Waals surface area contributed by atoms with E-state index in [9.17, 15) is 13.2 Å². The van der Waals surface area contributed by atoms with E-state index in [1.807, 2.05) is 19.3 Å². The molecular formula is C20H26F3N5O3S. The minimum Gasteiger partial charge on any atom is -0.475 e. The number of fused-ring (bicyclic) bond motifs is 1. The molecule has 32 heavy (non-hydrogen) atoms. The molecule has 8 nitrogen and oxygen atoms in total. The van der Waals surface area contributed by atoms with Gasteiger partial charge in [0.05, 0.1) is 23.4 Å². The second-order valence-electron chi connectivity index (χ2n) is 7.73. The number of carbonyl (C=O) groups is 1. The van der Waals surface area contributed by atoms with Crippen molar-refractivity contribution in [2.24, 2.45) is 0 Å². The minimum atomic E-state index is -5.08. The summed E-state index contributed by atoms with van der Waals surface area (Å²) in [7, 11) is 0. The molecule has 0 bridgehead atoms. The van der Waals surface area contributed by atoms with Crippen LogP contribution >= 0.6 is 11.3 Å². The van der Waals surface area contributed by atoms with Crippen LogP contribution in [0.25, 0.3) is 0 Å². The highest BCUT2D eigenvalue weighted by molar-refractivity contribution is 7.09. The Bertz CT molecular complexity index is 893. The standard InChI is InChI=1S/C18H25N5OS.C2HF3O2/c1-13-9-19-18(20-10-13)22-5-3-16-17(4-6-22)24-8-7-23(16)11-15-12-25-14(2)21-15;3-2(4,5)1(6)7/h9-10,12,16-17H,3-8,11H2,1-2H3;(H,6,7). The van der Waals surface area contributed by atoms with Crippen molar-refractivity contribution in [2.45, 2.75) is 51.6 Å². The van der Waals surface area contributed by atoms with E-state index in [0.717, 1.165) is 62.1 Å². The molecule has 0 radical (unpaired) electrons. The minimum absolute atomic E-state index is 0.295. The van der Waals surface area contributed by atoms with Gasteiger partial charge in [-0.1, -0.05) is 0 Å². The second-order valence-corrected chi connectivity index (χ2v) is 8.79. The number of nitrogens with zero attached hydrogens (tertiary/aromatic N) is 5. The number of thiazole rings is 1. The monoisotopic (exact) mass is 473 g/mol. The van der Waals surface area contributed by atoms with E-state index in [-0.39, 0.29) is 0 Å². The Kier molecular flexibility index (Phi) is 8.01. The molecule has 0 aromatic carbocycles. The van der Waals surface area contributed by atoms with Crippen LogP contribution < -0.4 is 4.90 Å². The molecule has 176 valence electrons. The van der Waals surface area contributed by atoms with E-state index < -0.39 is 12.1 Å². The van der Waals surface area contributed by atoms with Gasteiger partial charge in [-0.2, -0.15) is 13.2 Å². The van der Waals surface area contributed by atoms with E-state index in [0.29, 0.717) is 12.1 Å². The van der Waals surface area contributed by atoms with Gasteiger partial charge in [-0.25, -0.2) is 19.7 Å². The first kappa shape index (κ1) is 24.3. The molecule has 2 saturated heterocycles. The molecule has 2 aromatic rings. The fourth-order valence-electron chi connectivity index (χ4n) is 3.79. The molecule has 2 fully saturated rings. The van der Waals surface area contributed by atoms with Gasteiger partial charge < -0.3 is 14.7 Å². The number of hydrogen-bond donors (Lipinski definition) is 1. The molecule has 4 heterocycles. The summed E-state index contributed by atoms with van der Waals surface area (Å²) >= 11 is 1.73. The van der Waals surface area contributed by atoms with Gasteiger partial charge in [-0.3, -0.25) is 4.90 Å². The molecule has 0 saturated carbocycles. The Morgan fingerprint density at radius 2 is 1.88 bits per heavy atom. The van der Waals surface area contributed by atoms with Crippen LogP contribution in [0.2, 0.25) is 0 Å². The van der Waals surface area contributed by atoms with Gasteiger partial charge in [0, 0.05) is 50.0 Å². The van der Waals surface area contributed by atoms with E-state index in [4.69, 9.17) is 14.6 Å². The summed E-state index contributed by atoms with van der Waals surface area (Å²) < 4.78 is 37.8. The van der Waals surface area contributed by atoms with Crippen molar-refractivity contribution in [3.8, 4) is 0 Å². The largest absolute Gasteiger partial charge is 0.490 e. The lowest BCUT2D eigenvalue weighted by Crippen LogP contribution is -2.50. The van der Waals surface area contributed by atoms with Gasteiger partial charge in [0.2, 0.25) is 5.95 Å². The first-order valence-electron chi connectivity index (χ1n) is 10.2. The number of halogens is 3. The van der Waals surface area contributed by atoms with Crippen LogP contribution in [0, 0.1) is 13.8 Å². The van der Waals surface area contributed by atoms with Crippen LogP contribution in [0.3, 0.4) is 0 Å². The third kappa shape index (κ3) is 6.59. The van der Waals surface area contributed by atoms with Gasteiger partial charge in [0.15, 0.2) is 0 Å². The Labute approximate surface area is 188 Å². The molecule has 4 rings (SSSR count). The number of anilines is 1. The van der Waals surface area contributed by atoms with Gasteiger partial charge in [0.1, 0.15) is 0 Å². The first-order valence-corrected chi connectivity index (χ1v) is 11.1. The normalized spacial score (nSPS) is 21.8. The third-order valence-electron chi connectivity index (χ3n) is 5.31. The van der Waals surface area contributed by atoms with Gasteiger partial charge in [0.25, 0.3) is 0 Å². The molecule has 12 heteroatoms. The number of aliphatic carboxylic acids is 1. The van der Waals surface area contributed by atoms with Crippen molar-refractivity contribution in [3.63, 3.8) is 0 Å². The summed E-state index contributed by atoms with van der Waals surface area (Å²) in [4.78, 5) is 27.4. The summed E-state index contributed by atoms with van der Waals surface area (Å²) in [5.41, 5.74) is 2.28. The molecule has 1 N–H and O–H groups in total. The zero-order valence-corrected chi connectivity index (χ0v) is 18.7. The lowest BCUT2D eigenvalue weighted by molar-refractivity contribution is -0.192. The molecule has 0 spiro atoms. The van der Waals surface area contributed by atoms with Gasteiger partial charge >= 0.3 is 12.1 Å². The first-order chi connectivity index (χ1) is 15.1. The fraction of sp³-hybridized carbons (Fsp3) is 0.600. The van der Waals surface area contributed by atoms with E-state index in [2.05, 4.69) is 37.1 Å². The summed E-state index contributed by atoms with van der Waals surface area (Å²) in [6, 6.07) is 0.450. The zero-order chi connectivity index (χ0) is 23.3. The Hall–Kier alpha value is -2.31. The van der Waals surface area contributed by atoms with Crippen molar-refractivity contribution >= 4 is 23.3 Å². The fourth-order valence-corrected chi connectivity index (χ4v) is 4.40. The summed E-state index contributed by atoms with van der Waals surface area (Å²) in [6.45, 7) is 8.74. The lowest BCUT2D eigenvalue weighted by atomic mass is 10.0. The predicted molar refractivity (Wildman–Crippen MR) is 113 cm³/mol. The quantitative estimate of drug-likeness (QED) is 0.728. The number of aryl methyl sites for hydroxylation is 2. The van der Waals surface area contributed by atoms with Crippen LogP contribution in [-0.4, -0.2) is 75.5 Å². The van der Waals surface area contributed by atoms with Crippen molar-refractivity contribution in [3.05, 3.63) is 34.0 Å². The number of hydrogen-bond acceptors (Lipinski definition) is 8. The Morgan fingerprint density at radius 3 is 2.47 bits per heavy atom. The average Bonchev–Trinajstić information content (AvgIpc) is 3.01. The lowest BCUT2D eigenvalue weighted by Gasteiger charge is -2.40. The molecule has 2 aliphatic rings. The smallest absolute Gasteiger partial charge is 0.475 e. The van der Waals surface area contributed by atoms with Crippen LogP contribution in [-0.2, 0) is 16.1 Å². The summed E-state index contributed by atoms with van der Waals surface area (Å²) in [6.07, 6.45) is 1.10. The number of carboxylic acid groups (broad SMARTS) is 1. The maximum atomic E-state index is 10.6. The summed E-state index contributed by atoms with van der Waals surface area (Å²) in [5, 5.41) is 10.5. The number of alkyl halides is 3. The van der Waals surface area contributed by atoms with Crippen LogP contribution in [0.15, 0.2) is 17.8 Å². The van der Waals surface area contributed by atoms with Crippen molar-refractivity contribution in [2.75, 3.05) is 31.1 Å². The summed E-state index contributed by atoms with van der Waals surface area (Å²) in [5.74, 6) is -1.92. The van der Waals surface area contributed by atoms with Crippen LogP contribution in [0.4, 0.5) is 19.1 Å². The van der Waals surface area contributed by atoms with E-state index >= 15 is 0 Å². The predicted octanol–water partition coefficient (Wildman–Crippen LogP) is 3.05. The zero-order valence-electron chi connectivity index (χ0n) is 17.9. The SMILES string of the molecule is Cc1cnc(N2CCC3OCCN(Cc4csc(C)n4)C3CC2)nc1.O=C(O)C(F)(F)F. The highest BCUT2D eigenvalue weighted by Crippen LogP contribution is 2.27. The van der Waals surface area contributed by atoms with Crippen LogP contribution in [0.1, 0.15) is 29.1 Å². The molecule has 2 unspecified atom stereocenters. The maximum Gasteiger partial charge on any atom is 0.490 e. The highest BCUT2D eigenvalue weighted by Gasteiger charge is 2.38. The number of morpholine rings is 1. The average molecular weight is 474 g/mol. The van der Waals surface area contributed by atoms with Crippen molar-refractivity contribution in [1.29, 1.82) is 0 Å².